The fourth-order valence-corrected chi connectivity index (χ4v) is 3.07. The Kier molecular flexibility index (Phi) is 6.14. The van der Waals surface area contributed by atoms with Gasteiger partial charge < -0.3 is 14.4 Å². The number of unbranched alkanes of at least 4 members (excludes halogenated alkanes) is 1. The summed E-state index contributed by atoms with van der Waals surface area (Å²) in [5.74, 6) is 1.71. The first-order valence-corrected chi connectivity index (χ1v) is 8.18. The molecular weight excluding hydrogens is 284 g/mol. The maximum absolute atomic E-state index is 9.40. The summed E-state index contributed by atoms with van der Waals surface area (Å²) in [5.41, 5.74) is 2.09. The van der Waals surface area contributed by atoms with Crippen LogP contribution in [0.25, 0.3) is 0 Å². The summed E-state index contributed by atoms with van der Waals surface area (Å²) >= 11 is 1.69. The highest BCUT2D eigenvalue weighted by Gasteiger charge is 2.10. The van der Waals surface area contributed by atoms with E-state index in [-0.39, 0.29) is 6.61 Å². The molecule has 0 amide bonds. The van der Waals surface area contributed by atoms with Gasteiger partial charge in [-0.05, 0) is 24.1 Å². The first kappa shape index (κ1) is 15.9. The Bertz CT molecular complexity index is 569. The summed E-state index contributed by atoms with van der Waals surface area (Å²) in [7, 11) is 1.68. The predicted molar refractivity (Wildman–Crippen MR) is 85.6 cm³/mol. The Morgan fingerprint density at radius 1 is 1.38 bits per heavy atom. The van der Waals surface area contributed by atoms with E-state index in [4.69, 9.17) is 4.74 Å². The van der Waals surface area contributed by atoms with Crippen molar-refractivity contribution in [3.05, 3.63) is 41.7 Å². The molecule has 5 heteroatoms. The molecule has 0 fully saturated rings. The maximum atomic E-state index is 9.40. The molecule has 2 aromatic rings. The van der Waals surface area contributed by atoms with Gasteiger partial charge in [-0.3, -0.25) is 0 Å². The average molecular weight is 306 g/mol. The van der Waals surface area contributed by atoms with Crippen LogP contribution >= 0.6 is 11.8 Å². The minimum Gasteiger partial charge on any atom is -0.497 e. The van der Waals surface area contributed by atoms with Gasteiger partial charge in [0, 0.05) is 12.3 Å². The molecule has 1 heterocycles. The standard InChI is InChI=1S/C16H22N2O2S/c1-3-4-8-18-14(11-19)10-17-16(18)21-12-13-6-5-7-15(9-13)20-2/h5-7,9-10,19H,3-4,8,11-12H2,1-2H3. The molecule has 0 aliphatic rings. The molecule has 0 bridgehead atoms. The fraction of sp³-hybridized carbons (Fsp3) is 0.438. The number of imidazole rings is 1. The van der Waals surface area contributed by atoms with Crippen LogP contribution in [0.1, 0.15) is 31.0 Å². The zero-order valence-corrected chi connectivity index (χ0v) is 13.4. The number of rotatable bonds is 8. The van der Waals surface area contributed by atoms with Gasteiger partial charge >= 0.3 is 0 Å². The largest absolute Gasteiger partial charge is 0.497 e. The van der Waals surface area contributed by atoms with Crippen molar-refractivity contribution in [3.63, 3.8) is 0 Å². The Labute approximate surface area is 130 Å². The van der Waals surface area contributed by atoms with Crippen LogP contribution in [0.2, 0.25) is 0 Å². The molecule has 0 spiro atoms. The van der Waals surface area contributed by atoms with Crippen LogP contribution < -0.4 is 4.74 Å². The van der Waals surface area contributed by atoms with E-state index in [0.717, 1.165) is 41.7 Å². The molecule has 0 saturated carbocycles. The fourth-order valence-electron chi connectivity index (χ4n) is 2.10. The molecule has 4 nitrogen and oxygen atoms in total. The number of nitrogens with zero attached hydrogens (tertiary/aromatic N) is 2. The van der Waals surface area contributed by atoms with Crippen LogP contribution in [0, 0.1) is 0 Å². The van der Waals surface area contributed by atoms with Gasteiger partial charge in [-0.15, -0.1) is 0 Å². The van der Waals surface area contributed by atoms with E-state index >= 15 is 0 Å². The lowest BCUT2D eigenvalue weighted by atomic mass is 10.2. The van der Waals surface area contributed by atoms with E-state index in [1.807, 2.05) is 18.2 Å². The topological polar surface area (TPSA) is 47.3 Å². The van der Waals surface area contributed by atoms with Gasteiger partial charge in [-0.1, -0.05) is 37.2 Å². The number of benzene rings is 1. The zero-order chi connectivity index (χ0) is 15.1. The molecule has 114 valence electrons. The Morgan fingerprint density at radius 3 is 2.95 bits per heavy atom. The number of hydrogen-bond donors (Lipinski definition) is 1. The molecular formula is C16H22N2O2S. The van der Waals surface area contributed by atoms with Crippen molar-refractivity contribution < 1.29 is 9.84 Å². The molecule has 1 aromatic carbocycles. The second kappa shape index (κ2) is 8.10. The summed E-state index contributed by atoms with van der Waals surface area (Å²) < 4.78 is 7.36. The van der Waals surface area contributed by atoms with Crippen LogP contribution in [0.15, 0.2) is 35.6 Å². The minimum atomic E-state index is 0.0381. The van der Waals surface area contributed by atoms with Crippen LogP contribution in [-0.2, 0) is 18.9 Å². The summed E-state index contributed by atoms with van der Waals surface area (Å²) in [6.45, 7) is 3.11. The van der Waals surface area contributed by atoms with Crippen LogP contribution in [0.5, 0.6) is 5.75 Å². The van der Waals surface area contributed by atoms with Crippen LogP contribution in [0.3, 0.4) is 0 Å². The Balaban J connectivity index is 2.06. The number of aliphatic hydroxyl groups is 1. The van der Waals surface area contributed by atoms with Crippen LogP contribution in [-0.4, -0.2) is 21.8 Å². The van der Waals surface area contributed by atoms with Gasteiger partial charge in [0.1, 0.15) is 5.75 Å². The average Bonchev–Trinajstić information content (AvgIpc) is 2.93. The number of hydrogen-bond acceptors (Lipinski definition) is 4. The third-order valence-electron chi connectivity index (χ3n) is 3.30. The lowest BCUT2D eigenvalue weighted by Crippen LogP contribution is -2.04. The first-order chi connectivity index (χ1) is 10.3. The van der Waals surface area contributed by atoms with E-state index in [2.05, 4.69) is 22.5 Å². The molecule has 1 N–H and O–H groups in total. The van der Waals surface area contributed by atoms with Crippen LogP contribution in [0.4, 0.5) is 0 Å². The number of methoxy groups -OCH3 is 1. The van der Waals surface area contributed by atoms with Crippen molar-refractivity contribution in [1.29, 1.82) is 0 Å². The third kappa shape index (κ3) is 4.25. The summed E-state index contributed by atoms with van der Waals surface area (Å²) in [5, 5.41) is 10.4. The van der Waals surface area contributed by atoms with Crippen molar-refractivity contribution in [3.8, 4) is 5.75 Å². The molecule has 1 aromatic heterocycles. The number of aromatic nitrogens is 2. The smallest absolute Gasteiger partial charge is 0.168 e. The van der Waals surface area contributed by atoms with E-state index in [9.17, 15) is 5.11 Å². The van der Waals surface area contributed by atoms with Gasteiger partial charge in [-0.25, -0.2) is 4.98 Å². The molecule has 0 unspecified atom stereocenters. The zero-order valence-electron chi connectivity index (χ0n) is 12.6. The molecule has 0 radical (unpaired) electrons. The van der Waals surface area contributed by atoms with Crippen molar-refractivity contribution in [1.82, 2.24) is 9.55 Å². The second-order valence-corrected chi connectivity index (χ2v) is 5.78. The molecule has 2 rings (SSSR count). The highest BCUT2D eigenvalue weighted by molar-refractivity contribution is 7.98. The summed E-state index contributed by atoms with van der Waals surface area (Å²) in [6, 6.07) is 8.07. The van der Waals surface area contributed by atoms with Gasteiger partial charge in [0.05, 0.1) is 25.6 Å². The SMILES string of the molecule is CCCCn1c(CO)cnc1SCc1cccc(OC)c1. The quantitative estimate of drug-likeness (QED) is 0.759. The normalized spacial score (nSPS) is 10.8. The van der Waals surface area contributed by atoms with Crippen molar-refractivity contribution in [2.24, 2.45) is 0 Å². The van der Waals surface area contributed by atoms with E-state index in [0.29, 0.717) is 0 Å². The minimum absolute atomic E-state index is 0.0381. The number of ether oxygens (including phenoxy) is 1. The first-order valence-electron chi connectivity index (χ1n) is 7.19. The maximum Gasteiger partial charge on any atom is 0.168 e. The lowest BCUT2D eigenvalue weighted by Gasteiger charge is -2.10. The molecule has 0 saturated heterocycles. The van der Waals surface area contributed by atoms with E-state index in [1.165, 1.54) is 5.56 Å². The number of thioether (sulfide) groups is 1. The molecule has 0 aliphatic carbocycles. The van der Waals surface area contributed by atoms with E-state index < -0.39 is 0 Å². The summed E-state index contributed by atoms with van der Waals surface area (Å²) in [6.07, 6.45) is 3.99. The van der Waals surface area contributed by atoms with Crippen molar-refractivity contribution in [2.75, 3.05) is 7.11 Å². The monoisotopic (exact) mass is 306 g/mol. The highest BCUT2D eigenvalue weighted by Crippen LogP contribution is 2.25. The van der Waals surface area contributed by atoms with E-state index in [1.54, 1.807) is 25.1 Å². The third-order valence-corrected chi connectivity index (χ3v) is 4.36. The van der Waals surface area contributed by atoms with Gasteiger partial charge in [-0.2, -0.15) is 0 Å². The van der Waals surface area contributed by atoms with Gasteiger partial charge in [0.25, 0.3) is 0 Å². The Hall–Kier alpha value is -1.46. The summed E-state index contributed by atoms with van der Waals surface area (Å²) in [4.78, 5) is 4.43. The Morgan fingerprint density at radius 2 is 2.24 bits per heavy atom. The van der Waals surface area contributed by atoms with Gasteiger partial charge in [0.15, 0.2) is 5.16 Å². The van der Waals surface area contributed by atoms with Gasteiger partial charge in [0.2, 0.25) is 0 Å². The van der Waals surface area contributed by atoms with Crippen molar-refractivity contribution >= 4 is 11.8 Å². The number of aliphatic hydroxyl groups excluding tert-OH is 1. The second-order valence-electron chi connectivity index (χ2n) is 4.84. The molecule has 0 aliphatic heterocycles. The lowest BCUT2D eigenvalue weighted by molar-refractivity contribution is 0.268. The highest BCUT2D eigenvalue weighted by atomic mass is 32.2. The van der Waals surface area contributed by atoms with Crippen molar-refractivity contribution in [2.45, 2.75) is 43.8 Å². The molecule has 21 heavy (non-hydrogen) atoms. The molecule has 0 atom stereocenters. The predicted octanol–water partition coefficient (Wildman–Crippen LogP) is 3.48.